The van der Waals surface area contributed by atoms with E-state index in [4.69, 9.17) is 16.3 Å². The summed E-state index contributed by atoms with van der Waals surface area (Å²) in [4.78, 5) is 8.34. The normalized spacial score (nSPS) is 15.6. The minimum Gasteiger partial charge on any atom is -0.373 e. The molecule has 0 aromatic carbocycles. The van der Waals surface area contributed by atoms with Crippen LogP contribution in [0.5, 0.6) is 0 Å². The van der Waals surface area contributed by atoms with Crippen LogP contribution in [-0.2, 0) is 11.3 Å². The maximum absolute atomic E-state index is 5.82. The molecule has 0 radical (unpaired) electrons. The highest BCUT2D eigenvalue weighted by atomic mass is 35.5. The quantitative estimate of drug-likeness (QED) is 0.572. The van der Waals surface area contributed by atoms with Gasteiger partial charge < -0.3 is 4.74 Å². The van der Waals surface area contributed by atoms with Crippen molar-refractivity contribution in [1.29, 1.82) is 0 Å². The molecule has 0 bridgehead atoms. The van der Waals surface area contributed by atoms with E-state index in [0.717, 1.165) is 18.2 Å². The van der Waals surface area contributed by atoms with E-state index in [1.807, 2.05) is 6.92 Å². The predicted octanol–water partition coefficient (Wildman–Crippen LogP) is 2.76. The molecule has 4 heteroatoms. The largest absolute Gasteiger partial charge is 0.373 e. The lowest BCUT2D eigenvalue weighted by molar-refractivity contribution is 0.109. The Balaban J connectivity index is 1.76. The Morgan fingerprint density at radius 3 is 2.93 bits per heavy atom. The van der Waals surface area contributed by atoms with Gasteiger partial charge in [-0.1, -0.05) is 24.4 Å². The Kier molecular flexibility index (Phi) is 3.54. The summed E-state index contributed by atoms with van der Waals surface area (Å²) >= 11 is 5.82. The first kappa shape index (κ1) is 10.8. The molecule has 0 aliphatic heterocycles. The number of aryl methyl sites for hydroxylation is 1. The molecule has 0 N–H and O–H groups in total. The summed E-state index contributed by atoms with van der Waals surface area (Å²) < 4.78 is 5.50. The molecule has 1 aromatic heterocycles. The summed E-state index contributed by atoms with van der Waals surface area (Å²) in [5, 5.41) is 0.489. The van der Waals surface area contributed by atoms with Crippen molar-refractivity contribution in [2.75, 3.05) is 6.61 Å². The van der Waals surface area contributed by atoms with Crippen LogP contribution in [0.1, 0.15) is 30.8 Å². The average molecular weight is 227 g/mol. The first-order chi connectivity index (χ1) is 7.24. The fourth-order valence-corrected chi connectivity index (χ4v) is 1.73. The smallest absolute Gasteiger partial charge is 0.155 e. The Bertz CT molecular complexity index is 319. The zero-order chi connectivity index (χ0) is 10.7. The SMILES string of the molecule is Cc1cc(Cl)nc(COCCC2CC2)n1. The zero-order valence-corrected chi connectivity index (χ0v) is 9.63. The first-order valence-corrected chi connectivity index (χ1v) is 5.69. The molecule has 1 fully saturated rings. The number of rotatable bonds is 5. The molecule has 0 unspecified atom stereocenters. The Labute approximate surface area is 94.8 Å². The summed E-state index contributed by atoms with van der Waals surface area (Å²) in [5.74, 6) is 1.59. The van der Waals surface area contributed by atoms with E-state index < -0.39 is 0 Å². The van der Waals surface area contributed by atoms with Crippen molar-refractivity contribution in [3.8, 4) is 0 Å². The first-order valence-electron chi connectivity index (χ1n) is 5.32. The lowest BCUT2D eigenvalue weighted by atomic mass is 10.3. The molecular weight excluding hydrogens is 212 g/mol. The van der Waals surface area contributed by atoms with Gasteiger partial charge in [-0.3, -0.25) is 0 Å². The summed E-state index contributed by atoms with van der Waals surface area (Å²) in [6.07, 6.45) is 3.91. The molecule has 0 spiro atoms. The van der Waals surface area contributed by atoms with Crippen molar-refractivity contribution >= 4 is 11.6 Å². The summed E-state index contributed by atoms with van der Waals surface area (Å²) in [7, 11) is 0. The molecule has 1 heterocycles. The van der Waals surface area contributed by atoms with Gasteiger partial charge in [-0.2, -0.15) is 0 Å². The molecule has 0 atom stereocenters. The topological polar surface area (TPSA) is 35.0 Å². The van der Waals surface area contributed by atoms with Crippen molar-refractivity contribution in [3.63, 3.8) is 0 Å². The van der Waals surface area contributed by atoms with Crippen LogP contribution < -0.4 is 0 Å². The highest BCUT2D eigenvalue weighted by Crippen LogP contribution is 2.32. The number of aromatic nitrogens is 2. The Hall–Kier alpha value is -0.670. The van der Waals surface area contributed by atoms with E-state index in [1.54, 1.807) is 6.07 Å². The van der Waals surface area contributed by atoms with Gasteiger partial charge in [0.25, 0.3) is 0 Å². The molecule has 1 aliphatic carbocycles. The van der Waals surface area contributed by atoms with Crippen LogP contribution in [0.15, 0.2) is 6.07 Å². The second-order valence-corrected chi connectivity index (χ2v) is 4.42. The van der Waals surface area contributed by atoms with Crippen molar-refractivity contribution < 1.29 is 4.74 Å². The Morgan fingerprint density at radius 2 is 2.27 bits per heavy atom. The van der Waals surface area contributed by atoms with Crippen LogP contribution in [0, 0.1) is 12.8 Å². The Morgan fingerprint density at radius 1 is 1.47 bits per heavy atom. The second-order valence-electron chi connectivity index (χ2n) is 4.03. The zero-order valence-electron chi connectivity index (χ0n) is 8.87. The van der Waals surface area contributed by atoms with Crippen LogP contribution in [0.4, 0.5) is 0 Å². The fraction of sp³-hybridized carbons (Fsp3) is 0.636. The van der Waals surface area contributed by atoms with Crippen LogP contribution in [0.3, 0.4) is 0 Å². The van der Waals surface area contributed by atoms with Gasteiger partial charge in [0.15, 0.2) is 5.82 Å². The fourth-order valence-electron chi connectivity index (χ4n) is 1.47. The average Bonchev–Trinajstić information content (AvgIpc) is 2.94. The van der Waals surface area contributed by atoms with E-state index in [1.165, 1.54) is 19.3 Å². The molecule has 0 amide bonds. The van der Waals surface area contributed by atoms with Crippen LogP contribution in [-0.4, -0.2) is 16.6 Å². The van der Waals surface area contributed by atoms with E-state index in [0.29, 0.717) is 17.6 Å². The molecule has 0 saturated heterocycles. The minimum atomic E-state index is 0.466. The number of hydrogen-bond donors (Lipinski definition) is 0. The summed E-state index contributed by atoms with van der Waals surface area (Å²) in [5.41, 5.74) is 0.885. The van der Waals surface area contributed by atoms with Crippen molar-refractivity contribution in [2.45, 2.75) is 32.8 Å². The van der Waals surface area contributed by atoms with Crippen molar-refractivity contribution in [2.24, 2.45) is 5.92 Å². The number of halogens is 1. The maximum Gasteiger partial charge on any atom is 0.155 e. The molecule has 1 aromatic rings. The van der Waals surface area contributed by atoms with Gasteiger partial charge >= 0.3 is 0 Å². The lowest BCUT2D eigenvalue weighted by Gasteiger charge is -2.03. The molecule has 15 heavy (non-hydrogen) atoms. The van der Waals surface area contributed by atoms with Gasteiger partial charge in [0, 0.05) is 12.3 Å². The molecule has 2 rings (SSSR count). The molecule has 3 nitrogen and oxygen atoms in total. The van der Waals surface area contributed by atoms with Crippen molar-refractivity contribution in [1.82, 2.24) is 9.97 Å². The minimum absolute atomic E-state index is 0.466. The van der Waals surface area contributed by atoms with Gasteiger partial charge in [-0.05, 0) is 25.3 Å². The highest BCUT2D eigenvalue weighted by molar-refractivity contribution is 6.29. The maximum atomic E-state index is 5.82. The van der Waals surface area contributed by atoms with Gasteiger partial charge in [-0.25, -0.2) is 9.97 Å². The van der Waals surface area contributed by atoms with Crippen LogP contribution in [0.25, 0.3) is 0 Å². The van der Waals surface area contributed by atoms with Gasteiger partial charge in [0.2, 0.25) is 0 Å². The van der Waals surface area contributed by atoms with Crippen LogP contribution >= 0.6 is 11.6 Å². The van der Waals surface area contributed by atoms with E-state index >= 15 is 0 Å². The number of nitrogens with zero attached hydrogens (tertiary/aromatic N) is 2. The van der Waals surface area contributed by atoms with Gasteiger partial charge in [0.05, 0.1) is 0 Å². The van der Waals surface area contributed by atoms with E-state index in [9.17, 15) is 0 Å². The van der Waals surface area contributed by atoms with Crippen LogP contribution in [0.2, 0.25) is 5.15 Å². The third-order valence-corrected chi connectivity index (χ3v) is 2.66. The highest BCUT2D eigenvalue weighted by Gasteiger charge is 2.20. The standard InChI is InChI=1S/C11H15ClN2O/c1-8-6-10(12)14-11(13-8)7-15-5-4-9-2-3-9/h6,9H,2-5,7H2,1H3. The summed E-state index contributed by atoms with van der Waals surface area (Å²) in [6, 6.07) is 1.75. The second kappa shape index (κ2) is 4.90. The summed E-state index contributed by atoms with van der Waals surface area (Å²) in [6.45, 7) is 3.18. The van der Waals surface area contributed by atoms with Gasteiger partial charge in [0.1, 0.15) is 11.8 Å². The monoisotopic (exact) mass is 226 g/mol. The van der Waals surface area contributed by atoms with E-state index in [-0.39, 0.29) is 0 Å². The third-order valence-electron chi connectivity index (χ3n) is 2.47. The molecular formula is C11H15ClN2O. The third kappa shape index (κ3) is 3.76. The predicted molar refractivity (Wildman–Crippen MR) is 58.8 cm³/mol. The van der Waals surface area contributed by atoms with E-state index in [2.05, 4.69) is 9.97 Å². The lowest BCUT2D eigenvalue weighted by Crippen LogP contribution is -2.02. The molecule has 1 saturated carbocycles. The number of hydrogen-bond acceptors (Lipinski definition) is 3. The van der Waals surface area contributed by atoms with Gasteiger partial charge in [-0.15, -0.1) is 0 Å². The molecule has 1 aliphatic rings. The van der Waals surface area contributed by atoms with Crippen molar-refractivity contribution in [3.05, 3.63) is 22.7 Å². The molecule has 82 valence electrons. The number of ether oxygens (including phenoxy) is 1.